The van der Waals surface area contributed by atoms with E-state index in [0.29, 0.717) is 43.6 Å². The molecule has 3 atom stereocenters. The summed E-state index contributed by atoms with van der Waals surface area (Å²) in [5.41, 5.74) is 2.58. The van der Waals surface area contributed by atoms with Gasteiger partial charge in [0.15, 0.2) is 0 Å². The van der Waals surface area contributed by atoms with Gasteiger partial charge in [0.2, 0.25) is 5.91 Å². The molecule has 1 N–H and O–H groups in total. The topological polar surface area (TPSA) is 113 Å². The highest BCUT2D eigenvalue weighted by Crippen LogP contribution is 2.45. The minimum Gasteiger partial charge on any atom is -0.364 e. The first-order valence-electron chi connectivity index (χ1n) is 15.9. The van der Waals surface area contributed by atoms with Crippen molar-refractivity contribution in [3.8, 4) is 5.69 Å². The van der Waals surface area contributed by atoms with Crippen LogP contribution in [-0.2, 0) is 9.63 Å². The van der Waals surface area contributed by atoms with Crippen molar-refractivity contribution in [2.75, 3.05) is 39.8 Å². The van der Waals surface area contributed by atoms with E-state index >= 15 is 0 Å². The number of halogens is 1. The molecule has 1 aromatic heterocycles. The van der Waals surface area contributed by atoms with Crippen LogP contribution in [0.1, 0.15) is 51.5 Å². The normalized spacial score (nSPS) is 18.5. The number of hydrogen-bond donors (Lipinski definition) is 1. The van der Waals surface area contributed by atoms with Gasteiger partial charge in [-0.15, -0.1) is 10.2 Å². The Bertz CT molecular complexity index is 1640. The zero-order chi connectivity index (χ0) is 32.8. The van der Waals surface area contributed by atoms with Crippen LogP contribution in [0.2, 0.25) is 0 Å². The zero-order valence-corrected chi connectivity index (χ0v) is 26.2. The van der Waals surface area contributed by atoms with Gasteiger partial charge in [0.1, 0.15) is 11.9 Å². The number of amides is 2. The molecule has 2 aliphatic rings. The fourth-order valence-corrected chi connectivity index (χ4v) is 5.89. The second-order valence-corrected chi connectivity index (χ2v) is 12.0. The van der Waals surface area contributed by atoms with Gasteiger partial charge in [-0.05, 0) is 80.4 Å². The van der Waals surface area contributed by atoms with Crippen molar-refractivity contribution in [3.63, 3.8) is 0 Å². The van der Waals surface area contributed by atoms with Crippen LogP contribution in [0.25, 0.3) is 5.69 Å². The van der Waals surface area contributed by atoms with Crippen molar-refractivity contribution < 1.29 is 23.6 Å². The van der Waals surface area contributed by atoms with Crippen LogP contribution in [0.3, 0.4) is 0 Å². The molecule has 0 unspecified atom stereocenters. The maximum Gasteiger partial charge on any atom is 0.357 e. The molecule has 3 aromatic carbocycles. The summed E-state index contributed by atoms with van der Waals surface area (Å²) in [7, 11) is 2.02. The number of piperazine rings is 1. The van der Waals surface area contributed by atoms with E-state index in [1.54, 1.807) is 87.7 Å². The Kier molecular flexibility index (Phi) is 9.98. The van der Waals surface area contributed by atoms with E-state index in [1.165, 1.54) is 12.1 Å². The number of benzene rings is 3. The van der Waals surface area contributed by atoms with Crippen LogP contribution >= 0.6 is 0 Å². The number of carbonyl (C=O) groups is 3. The molecule has 12 heteroatoms. The first-order valence-corrected chi connectivity index (χ1v) is 15.9. The molecule has 4 aromatic rings. The summed E-state index contributed by atoms with van der Waals surface area (Å²) in [5.74, 6) is -1.17. The van der Waals surface area contributed by atoms with Crippen LogP contribution in [0, 0.1) is 5.82 Å². The second kappa shape index (κ2) is 14.7. The predicted octanol–water partition coefficient (Wildman–Crippen LogP) is 3.69. The predicted molar refractivity (Wildman–Crippen MR) is 172 cm³/mol. The smallest absolute Gasteiger partial charge is 0.357 e. The molecule has 0 spiro atoms. The average Bonchev–Trinajstić information content (AvgIpc) is 3.70. The number of hydroxylamine groups is 2. The van der Waals surface area contributed by atoms with Gasteiger partial charge < -0.3 is 20.0 Å². The second-order valence-electron chi connectivity index (χ2n) is 12.0. The average molecular weight is 640 g/mol. The van der Waals surface area contributed by atoms with E-state index in [9.17, 15) is 18.8 Å². The van der Waals surface area contributed by atoms with Gasteiger partial charge in [0, 0.05) is 44.2 Å². The molecule has 2 fully saturated rings. The summed E-state index contributed by atoms with van der Waals surface area (Å²) < 4.78 is 15.2. The number of hydrogen-bond acceptors (Lipinski definition) is 8. The van der Waals surface area contributed by atoms with Gasteiger partial charge in [-0.2, -0.15) is 0 Å². The summed E-state index contributed by atoms with van der Waals surface area (Å²) in [6.07, 6.45) is 4.86. The number of aromatic nitrogens is 3. The van der Waals surface area contributed by atoms with Crippen LogP contribution < -0.4 is 5.32 Å². The molecule has 47 heavy (non-hydrogen) atoms. The molecule has 11 nitrogen and oxygen atoms in total. The maximum atomic E-state index is 13.8. The molecule has 6 rings (SSSR count). The third kappa shape index (κ3) is 8.08. The minimum atomic E-state index is -0.764. The third-order valence-electron chi connectivity index (χ3n) is 8.74. The van der Waals surface area contributed by atoms with Crippen molar-refractivity contribution in [2.24, 2.45) is 0 Å². The van der Waals surface area contributed by atoms with E-state index < -0.39 is 12.0 Å². The summed E-state index contributed by atoms with van der Waals surface area (Å²) in [5, 5.41) is 12.5. The molecule has 1 saturated heterocycles. The summed E-state index contributed by atoms with van der Waals surface area (Å²) in [6.45, 7) is 3.03. The molecule has 1 aliphatic carbocycles. The monoisotopic (exact) mass is 639 g/mol. The van der Waals surface area contributed by atoms with E-state index in [2.05, 4.69) is 20.5 Å². The number of nitrogens with one attached hydrogen (secondary N) is 1. The van der Waals surface area contributed by atoms with Crippen LogP contribution in [-0.4, -0.2) is 99.5 Å². The van der Waals surface area contributed by atoms with Gasteiger partial charge in [0.25, 0.3) is 5.91 Å². The van der Waals surface area contributed by atoms with E-state index in [1.807, 2.05) is 13.1 Å². The molecule has 1 aliphatic heterocycles. The minimum absolute atomic E-state index is 0.0852. The number of likely N-dealkylation sites (N-methyl/N-ethyl adjacent to an activating group) is 1. The Morgan fingerprint density at radius 1 is 0.957 bits per heavy atom. The number of nitrogens with zero attached hydrogens (tertiary/aromatic N) is 6. The quantitative estimate of drug-likeness (QED) is 0.234. The van der Waals surface area contributed by atoms with Gasteiger partial charge in [-0.1, -0.05) is 35.5 Å². The highest BCUT2D eigenvalue weighted by molar-refractivity contribution is 5.97. The molecular weight excluding hydrogens is 601 g/mol. The highest BCUT2D eigenvalue weighted by atomic mass is 19.1. The Morgan fingerprint density at radius 2 is 1.68 bits per heavy atom. The summed E-state index contributed by atoms with van der Waals surface area (Å²) >= 11 is 0. The van der Waals surface area contributed by atoms with Gasteiger partial charge in [-0.3, -0.25) is 9.59 Å². The third-order valence-corrected chi connectivity index (χ3v) is 8.74. The maximum absolute atomic E-state index is 13.8. The first kappa shape index (κ1) is 32.0. The largest absolute Gasteiger partial charge is 0.364 e. The fraction of sp³-hybridized carbons (Fsp3) is 0.343. The SMILES string of the molecule is CN1CCN(C(=O)[C@@H](CCCN(OC(=O)c2ccccc2)[C@@H]2C[C@H]2c2ccc(F)cc2)NC(=O)c2ccc(-n3ccnn3)cc2)CC1. The molecule has 1 saturated carbocycles. The van der Waals surface area contributed by atoms with Crippen molar-refractivity contribution in [1.29, 1.82) is 0 Å². The lowest BCUT2D eigenvalue weighted by Gasteiger charge is -2.35. The lowest BCUT2D eigenvalue weighted by Crippen LogP contribution is -2.54. The van der Waals surface area contributed by atoms with Crippen LogP contribution in [0.4, 0.5) is 4.39 Å². The number of carbonyl (C=O) groups excluding carboxylic acids is 3. The van der Waals surface area contributed by atoms with E-state index in [0.717, 1.165) is 30.8 Å². The molecule has 2 amide bonds. The highest BCUT2D eigenvalue weighted by Gasteiger charge is 2.45. The zero-order valence-electron chi connectivity index (χ0n) is 26.2. The molecule has 0 radical (unpaired) electrons. The summed E-state index contributed by atoms with van der Waals surface area (Å²) in [4.78, 5) is 50.1. The Labute approximate surface area is 272 Å². The van der Waals surface area contributed by atoms with Gasteiger partial charge >= 0.3 is 5.97 Å². The number of rotatable bonds is 12. The van der Waals surface area contributed by atoms with Gasteiger partial charge in [-0.25, -0.2) is 13.9 Å². The molecule has 2 heterocycles. The van der Waals surface area contributed by atoms with Crippen molar-refractivity contribution in [1.82, 2.24) is 35.2 Å². The van der Waals surface area contributed by atoms with E-state index in [4.69, 9.17) is 4.84 Å². The van der Waals surface area contributed by atoms with Crippen molar-refractivity contribution >= 4 is 17.8 Å². The Morgan fingerprint density at radius 3 is 2.36 bits per heavy atom. The first-order chi connectivity index (χ1) is 22.9. The van der Waals surface area contributed by atoms with Crippen molar-refractivity contribution in [2.45, 2.75) is 37.3 Å². The van der Waals surface area contributed by atoms with Gasteiger partial charge in [0.05, 0.1) is 29.7 Å². The molecule has 244 valence electrons. The Balaban J connectivity index is 1.15. The Hall–Kier alpha value is -4.94. The van der Waals surface area contributed by atoms with Crippen LogP contribution in [0.5, 0.6) is 0 Å². The lowest BCUT2D eigenvalue weighted by atomic mass is 10.1. The lowest BCUT2D eigenvalue weighted by molar-refractivity contribution is -0.136. The molecule has 0 bridgehead atoms. The summed E-state index contributed by atoms with van der Waals surface area (Å²) in [6, 6.07) is 21.2. The standard InChI is InChI=1S/C35H38FN7O4/c1-40-20-22-41(23-21-40)34(45)31(38-33(44)26-11-15-29(16-12-26)42-19-17-37-39-42)8-5-18-43(47-35(46)27-6-3-2-4-7-27)32-24-30(32)25-9-13-28(36)14-10-25/h2-4,6-7,9-17,19,30-32H,5,8,18,20-24H2,1H3,(H,38,44)/t30-,31+,32+/m0/s1. The van der Waals surface area contributed by atoms with Crippen LogP contribution in [0.15, 0.2) is 91.3 Å². The molecular formula is C35H38FN7O4. The fourth-order valence-electron chi connectivity index (χ4n) is 5.89. The van der Waals surface area contributed by atoms with E-state index in [-0.39, 0.29) is 29.6 Å². The van der Waals surface area contributed by atoms with Crippen molar-refractivity contribution in [3.05, 3.63) is 114 Å².